The Hall–Kier alpha value is -2.25. The fourth-order valence-corrected chi connectivity index (χ4v) is 4.94. The van der Waals surface area contributed by atoms with Crippen LogP contribution in [0.2, 0.25) is 0 Å². The maximum Gasteiger partial charge on any atom is 0.305 e. The maximum absolute atomic E-state index is 13.1. The molecule has 1 aliphatic heterocycles. The van der Waals surface area contributed by atoms with Crippen molar-refractivity contribution in [3.63, 3.8) is 0 Å². The van der Waals surface area contributed by atoms with Gasteiger partial charge in [-0.25, -0.2) is 0 Å². The quantitative estimate of drug-likeness (QED) is 0.521. The lowest BCUT2D eigenvalue weighted by Crippen LogP contribution is -2.63. The fraction of sp³-hybridized carbons (Fsp3) is 0.625. The highest BCUT2D eigenvalue weighted by molar-refractivity contribution is 5.86. The minimum atomic E-state index is -1.13. The molecule has 3 rings (SSSR count). The molecule has 1 saturated heterocycles. The predicted molar refractivity (Wildman–Crippen MR) is 117 cm³/mol. The van der Waals surface area contributed by atoms with E-state index in [-0.39, 0.29) is 17.7 Å². The van der Waals surface area contributed by atoms with E-state index in [1.165, 1.54) is 11.1 Å². The third-order valence-corrected chi connectivity index (χ3v) is 6.47. The number of nitrogens with one attached hydrogen (secondary N) is 2. The first-order valence-electron chi connectivity index (χ1n) is 11.3. The molecule has 1 aromatic rings. The van der Waals surface area contributed by atoms with Gasteiger partial charge in [0.05, 0.1) is 18.5 Å². The van der Waals surface area contributed by atoms with Crippen LogP contribution in [-0.2, 0) is 25.5 Å². The second-order valence-corrected chi connectivity index (χ2v) is 9.05. The highest BCUT2D eigenvalue weighted by Crippen LogP contribution is 2.44. The Morgan fingerprint density at radius 1 is 1.26 bits per heavy atom. The molecule has 7 nitrogen and oxygen atoms in total. The Labute approximate surface area is 183 Å². The van der Waals surface area contributed by atoms with E-state index in [4.69, 9.17) is 9.84 Å². The van der Waals surface area contributed by atoms with Gasteiger partial charge in [0.1, 0.15) is 12.0 Å². The number of fused-ring (bicyclic) bond motifs is 1. The Morgan fingerprint density at radius 3 is 2.68 bits per heavy atom. The smallest absolute Gasteiger partial charge is 0.305 e. The van der Waals surface area contributed by atoms with Crippen molar-refractivity contribution < 1.29 is 24.2 Å². The lowest BCUT2D eigenvalue weighted by Gasteiger charge is -2.48. The van der Waals surface area contributed by atoms with Crippen LogP contribution in [0.25, 0.3) is 0 Å². The highest BCUT2D eigenvalue weighted by Gasteiger charge is 2.46. The van der Waals surface area contributed by atoms with Crippen molar-refractivity contribution >= 4 is 18.2 Å². The first-order chi connectivity index (χ1) is 14.9. The number of ether oxygens (including phenoxy) is 1. The van der Waals surface area contributed by atoms with Crippen LogP contribution in [0.3, 0.4) is 0 Å². The van der Waals surface area contributed by atoms with Gasteiger partial charge in [0.2, 0.25) is 5.91 Å². The first kappa shape index (κ1) is 23.4. The van der Waals surface area contributed by atoms with Crippen LogP contribution >= 0.6 is 0 Å². The number of benzene rings is 1. The summed E-state index contributed by atoms with van der Waals surface area (Å²) in [6, 6.07) is 6.80. The number of carboxylic acid groups (broad SMARTS) is 1. The topological polar surface area (TPSA) is 105 Å². The number of rotatable bonds is 9. The molecule has 0 saturated carbocycles. The van der Waals surface area contributed by atoms with Crippen LogP contribution < -0.4 is 10.6 Å². The number of hydrogen-bond acceptors (Lipinski definition) is 5. The van der Waals surface area contributed by atoms with Crippen molar-refractivity contribution in [2.45, 2.75) is 82.5 Å². The molecule has 0 spiro atoms. The normalized spacial score (nSPS) is 25.3. The van der Waals surface area contributed by atoms with Gasteiger partial charge in [-0.2, -0.15) is 0 Å². The molecule has 0 radical (unpaired) electrons. The molecule has 0 bridgehead atoms. The number of aldehydes is 1. The van der Waals surface area contributed by atoms with Crippen molar-refractivity contribution in [3.8, 4) is 0 Å². The zero-order valence-electron chi connectivity index (χ0n) is 18.4. The van der Waals surface area contributed by atoms with Crippen molar-refractivity contribution in [3.05, 3.63) is 35.4 Å². The molecule has 1 heterocycles. The zero-order chi connectivity index (χ0) is 22.4. The van der Waals surface area contributed by atoms with Gasteiger partial charge in [0, 0.05) is 12.5 Å². The van der Waals surface area contributed by atoms with E-state index in [9.17, 15) is 14.4 Å². The molecule has 1 amide bonds. The molecule has 1 aliphatic carbocycles. The van der Waals surface area contributed by atoms with E-state index in [0.717, 1.165) is 38.5 Å². The fourth-order valence-electron chi connectivity index (χ4n) is 4.94. The first-order valence-corrected chi connectivity index (χ1v) is 11.3. The number of carboxylic acids is 1. The van der Waals surface area contributed by atoms with E-state index in [0.29, 0.717) is 12.9 Å². The molecule has 170 valence electrons. The van der Waals surface area contributed by atoms with Gasteiger partial charge in [-0.05, 0) is 55.6 Å². The third-order valence-electron chi connectivity index (χ3n) is 6.47. The molecule has 3 N–H and O–H groups in total. The van der Waals surface area contributed by atoms with Gasteiger partial charge in [0.15, 0.2) is 0 Å². The molecule has 4 atom stereocenters. The molecule has 2 unspecified atom stereocenters. The molecule has 2 aliphatic rings. The van der Waals surface area contributed by atoms with Crippen LogP contribution in [-0.4, -0.2) is 47.7 Å². The van der Waals surface area contributed by atoms with Crippen molar-refractivity contribution in [2.75, 3.05) is 6.61 Å². The van der Waals surface area contributed by atoms with Gasteiger partial charge >= 0.3 is 5.97 Å². The summed E-state index contributed by atoms with van der Waals surface area (Å²) >= 11 is 0. The van der Waals surface area contributed by atoms with Gasteiger partial charge in [-0.1, -0.05) is 38.1 Å². The van der Waals surface area contributed by atoms with E-state index in [1.807, 2.05) is 13.8 Å². The summed E-state index contributed by atoms with van der Waals surface area (Å²) in [7, 11) is 0. The van der Waals surface area contributed by atoms with Crippen LogP contribution in [0.15, 0.2) is 24.3 Å². The van der Waals surface area contributed by atoms with Crippen LogP contribution in [0.5, 0.6) is 0 Å². The number of carbonyl (C=O) groups is 3. The van der Waals surface area contributed by atoms with Crippen molar-refractivity contribution in [1.82, 2.24) is 10.6 Å². The average Bonchev–Trinajstić information content (AvgIpc) is 2.76. The second-order valence-electron chi connectivity index (χ2n) is 9.05. The predicted octanol–water partition coefficient (Wildman–Crippen LogP) is 2.78. The van der Waals surface area contributed by atoms with Crippen molar-refractivity contribution in [2.24, 2.45) is 5.92 Å². The van der Waals surface area contributed by atoms with Gasteiger partial charge < -0.3 is 20.0 Å². The number of aliphatic carboxylic acids is 1. The van der Waals surface area contributed by atoms with E-state index < -0.39 is 30.2 Å². The third kappa shape index (κ3) is 5.52. The SMILES string of the molecule is CC(C)[C@H](NC1(C2CCCc3ccccc32)CCCCO1)C(=O)N[C@H](C=O)CC(=O)O. The minimum absolute atomic E-state index is 0.0710. The van der Waals surface area contributed by atoms with E-state index >= 15 is 0 Å². The minimum Gasteiger partial charge on any atom is -0.481 e. The monoisotopic (exact) mass is 430 g/mol. The lowest BCUT2D eigenvalue weighted by atomic mass is 9.74. The number of amides is 1. The number of carbonyl (C=O) groups excluding carboxylic acids is 2. The molecule has 7 heteroatoms. The Kier molecular flexibility index (Phi) is 7.84. The zero-order valence-corrected chi connectivity index (χ0v) is 18.4. The maximum atomic E-state index is 13.1. The molecular formula is C24H34N2O5. The van der Waals surface area contributed by atoms with Crippen LogP contribution in [0.1, 0.15) is 69.4 Å². The number of aryl methyl sites for hydroxylation is 1. The van der Waals surface area contributed by atoms with Gasteiger partial charge in [-0.3, -0.25) is 14.9 Å². The highest BCUT2D eigenvalue weighted by atomic mass is 16.5. The Bertz CT molecular complexity index is 788. The summed E-state index contributed by atoms with van der Waals surface area (Å²) in [5.41, 5.74) is 1.95. The summed E-state index contributed by atoms with van der Waals surface area (Å²) in [5, 5.41) is 15.2. The molecule has 0 aromatic heterocycles. The summed E-state index contributed by atoms with van der Waals surface area (Å²) in [6.07, 6.45) is 5.94. The van der Waals surface area contributed by atoms with Crippen LogP contribution in [0.4, 0.5) is 0 Å². The second kappa shape index (κ2) is 10.4. The summed E-state index contributed by atoms with van der Waals surface area (Å²) in [4.78, 5) is 35.4. The van der Waals surface area contributed by atoms with E-state index in [1.54, 1.807) is 0 Å². The molecule has 1 fully saturated rings. The van der Waals surface area contributed by atoms with Crippen LogP contribution in [0, 0.1) is 5.92 Å². The number of hydrogen-bond donors (Lipinski definition) is 3. The molecule has 31 heavy (non-hydrogen) atoms. The lowest BCUT2D eigenvalue weighted by molar-refractivity contribution is -0.145. The molecular weight excluding hydrogens is 396 g/mol. The average molecular weight is 431 g/mol. The molecule has 1 aromatic carbocycles. The summed E-state index contributed by atoms with van der Waals surface area (Å²) in [5.74, 6) is -1.44. The summed E-state index contributed by atoms with van der Waals surface area (Å²) < 4.78 is 6.43. The largest absolute Gasteiger partial charge is 0.481 e. The van der Waals surface area contributed by atoms with Crippen molar-refractivity contribution in [1.29, 1.82) is 0 Å². The Balaban J connectivity index is 1.87. The summed E-state index contributed by atoms with van der Waals surface area (Å²) in [6.45, 7) is 4.51. The van der Waals surface area contributed by atoms with E-state index in [2.05, 4.69) is 34.9 Å². The Morgan fingerprint density at radius 2 is 2.03 bits per heavy atom. The standard InChI is InChI=1S/C24H34N2O5/c1-16(2)22(23(30)25-18(15-27)14-21(28)29)26-24(12-5-6-13-31-24)20-11-7-9-17-8-3-4-10-19(17)20/h3-4,8,10,15-16,18,20,22,26H,5-7,9,11-14H2,1-2H3,(H,25,30)(H,28,29)/t18-,20?,22-,24?/m0/s1. The van der Waals surface area contributed by atoms with Gasteiger partial charge in [-0.15, -0.1) is 0 Å². The van der Waals surface area contributed by atoms with Gasteiger partial charge in [0.25, 0.3) is 0 Å².